The van der Waals surface area contributed by atoms with Crippen molar-refractivity contribution in [3.8, 4) is 0 Å². The number of allylic oxidation sites excluding steroid dienone is 3. The van der Waals surface area contributed by atoms with Gasteiger partial charge in [-0.2, -0.15) is 0 Å². The summed E-state index contributed by atoms with van der Waals surface area (Å²) in [4.78, 5) is 24.0. The predicted octanol–water partition coefficient (Wildman–Crippen LogP) is 7.15. The monoisotopic (exact) mass is 438 g/mol. The van der Waals surface area contributed by atoms with Gasteiger partial charge >= 0.3 is 5.97 Å². The largest absolute Gasteiger partial charge is 0.466 e. The Morgan fingerprint density at radius 3 is 2.20 bits per heavy atom. The standard InChI is InChI=1S/C25H46O4Si/c1-8-9-10-11-13-16-19-22(26)23(29-30(6,7)25(2,3)4)20-17-14-12-15-18-21-24(27)28-5/h12,15,18,21,23H,8-11,13-14,16-17,19-20H2,1-7H3/t23-/m1/s1. The highest BCUT2D eigenvalue weighted by Crippen LogP contribution is 2.38. The first-order valence-electron chi connectivity index (χ1n) is 11.7. The number of esters is 1. The normalized spacial score (nSPS) is 13.8. The second-order valence-electron chi connectivity index (χ2n) is 9.59. The summed E-state index contributed by atoms with van der Waals surface area (Å²) in [6, 6.07) is 0. The summed E-state index contributed by atoms with van der Waals surface area (Å²) in [7, 11) is -0.633. The van der Waals surface area contributed by atoms with Crippen molar-refractivity contribution in [1.82, 2.24) is 0 Å². The van der Waals surface area contributed by atoms with Crippen LogP contribution < -0.4 is 0 Å². The van der Waals surface area contributed by atoms with Gasteiger partial charge in [0.05, 0.1) is 7.11 Å². The lowest BCUT2D eigenvalue weighted by atomic mass is 10.0. The Bertz CT molecular complexity index is 544. The van der Waals surface area contributed by atoms with Gasteiger partial charge in [0.25, 0.3) is 0 Å². The molecule has 0 amide bonds. The molecule has 0 aromatic carbocycles. The van der Waals surface area contributed by atoms with Gasteiger partial charge in [-0.05, 0) is 43.8 Å². The first kappa shape index (κ1) is 28.8. The predicted molar refractivity (Wildman–Crippen MR) is 129 cm³/mol. The van der Waals surface area contributed by atoms with Crippen molar-refractivity contribution in [1.29, 1.82) is 0 Å². The van der Waals surface area contributed by atoms with E-state index in [1.165, 1.54) is 38.9 Å². The Balaban J connectivity index is 4.68. The van der Waals surface area contributed by atoms with Crippen LogP contribution in [0.3, 0.4) is 0 Å². The molecule has 174 valence electrons. The molecule has 5 heteroatoms. The fourth-order valence-corrected chi connectivity index (χ4v) is 4.17. The number of ether oxygens (including phenoxy) is 1. The van der Waals surface area contributed by atoms with Crippen molar-refractivity contribution in [3.05, 3.63) is 24.3 Å². The number of Topliss-reactive ketones (excluding diaryl/α,β-unsaturated/α-hetero) is 1. The van der Waals surface area contributed by atoms with Crippen molar-refractivity contribution in [3.63, 3.8) is 0 Å². The molecule has 0 radical (unpaired) electrons. The highest BCUT2D eigenvalue weighted by atomic mass is 28.4. The van der Waals surface area contributed by atoms with Gasteiger partial charge in [-0.25, -0.2) is 4.79 Å². The maximum absolute atomic E-state index is 12.9. The van der Waals surface area contributed by atoms with Crippen LogP contribution in [0.25, 0.3) is 0 Å². The SMILES string of the molecule is CCCCCCCCC(=O)[C@@H](CCCC=CC=CC(=O)OC)O[Si](C)(C)C(C)(C)C. The van der Waals surface area contributed by atoms with Crippen molar-refractivity contribution in [2.45, 2.75) is 116 Å². The van der Waals surface area contributed by atoms with E-state index in [0.717, 1.165) is 32.1 Å². The highest BCUT2D eigenvalue weighted by molar-refractivity contribution is 6.74. The van der Waals surface area contributed by atoms with Crippen LogP contribution in [0.1, 0.15) is 91.9 Å². The van der Waals surface area contributed by atoms with Gasteiger partial charge in [0.15, 0.2) is 14.1 Å². The highest BCUT2D eigenvalue weighted by Gasteiger charge is 2.40. The lowest BCUT2D eigenvalue weighted by Crippen LogP contribution is -2.46. The Morgan fingerprint density at radius 2 is 1.60 bits per heavy atom. The average molecular weight is 439 g/mol. The molecule has 0 aliphatic rings. The van der Waals surface area contributed by atoms with Gasteiger partial charge in [0, 0.05) is 12.5 Å². The molecule has 0 unspecified atom stereocenters. The number of hydrogen-bond acceptors (Lipinski definition) is 4. The van der Waals surface area contributed by atoms with Crippen molar-refractivity contribution >= 4 is 20.1 Å². The fraction of sp³-hybridized carbons (Fsp3) is 0.760. The van der Waals surface area contributed by atoms with Crippen LogP contribution in [0.15, 0.2) is 24.3 Å². The fourth-order valence-electron chi connectivity index (χ4n) is 2.86. The molecule has 0 fully saturated rings. The molecular weight excluding hydrogens is 392 g/mol. The third-order valence-corrected chi connectivity index (χ3v) is 10.4. The third kappa shape index (κ3) is 13.2. The van der Waals surface area contributed by atoms with Crippen molar-refractivity contribution in [2.75, 3.05) is 7.11 Å². The number of hydrogen-bond donors (Lipinski definition) is 0. The molecule has 0 aromatic heterocycles. The minimum absolute atomic E-state index is 0.0876. The van der Waals surface area contributed by atoms with Crippen LogP contribution in [-0.2, 0) is 18.8 Å². The minimum atomic E-state index is -2.00. The van der Waals surface area contributed by atoms with E-state index in [1.54, 1.807) is 6.08 Å². The van der Waals surface area contributed by atoms with Crippen LogP contribution in [0, 0.1) is 0 Å². The van der Waals surface area contributed by atoms with E-state index in [4.69, 9.17) is 4.43 Å². The molecule has 0 saturated carbocycles. The maximum Gasteiger partial charge on any atom is 0.330 e. The lowest BCUT2D eigenvalue weighted by molar-refractivity contribution is -0.134. The summed E-state index contributed by atoms with van der Waals surface area (Å²) in [5, 5.41) is 0.0876. The van der Waals surface area contributed by atoms with Gasteiger partial charge in [-0.3, -0.25) is 4.79 Å². The second kappa shape index (κ2) is 15.6. The van der Waals surface area contributed by atoms with Crippen molar-refractivity contribution < 1.29 is 18.8 Å². The second-order valence-corrected chi connectivity index (χ2v) is 14.3. The quantitative estimate of drug-likeness (QED) is 0.0844. The van der Waals surface area contributed by atoms with E-state index < -0.39 is 8.32 Å². The molecule has 0 aromatic rings. The molecule has 0 aliphatic heterocycles. The number of rotatable bonds is 16. The molecule has 30 heavy (non-hydrogen) atoms. The van der Waals surface area contributed by atoms with Gasteiger partial charge in [0.1, 0.15) is 6.10 Å². The van der Waals surface area contributed by atoms with Gasteiger partial charge < -0.3 is 9.16 Å². The summed E-state index contributed by atoms with van der Waals surface area (Å²) in [6.45, 7) is 13.3. The number of ketones is 1. The summed E-state index contributed by atoms with van der Waals surface area (Å²) in [6.07, 6.45) is 16.9. The number of methoxy groups -OCH3 is 1. The molecule has 4 nitrogen and oxygen atoms in total. The number of unbranched alkanes of at least 4 members (excludes halogenated alkanes) is 6. The number of carbonyl (C=O) groups excluding carboxylic acids is 2. The molecule has 0 rings (SSSR count). The van der Waals surface area contributed by atoms with Crippen LogP contribution in [0.5, 0.6) is 0 Å². The average Bonchev–Trinajstić information content (AvgIpc) is 2.67. The molecule has 0 spiro atoms. The Labute approximate surface area is 186 Å². The first-order chi connectivity index (χ1) is 14.0. The molecule has 0 aliphatic carbocycles. The van der Waals surface area contributed by atoms with E-state index >= 15 is 0 Å². The maximum atomic E-state index is 12.9. The zero-order valence-corrected chi connectivity index (χ0v) is 21.6. The van der Waals surface area contributed by atoms with E-state index in [2.05, 4.69) is 45.5 Å². The first-order valence-corrected chi connectivity index (χ1v) is 14.6. The van der Waals surface area contributed by atoms with Crippen LogP contribution in [0.2, 0.25) is 18.1 Å². The topological polar surface area (TPSA) is 52.6 Å². The smallest absolute Gasteiger partial charge is 0.330 e. The zero-order chi connectivity index (χ0) is 23.0. The Kier molecular flexibility index (Phi) is 15.0. The molecule has 0 saturated heterocycles. The molecule has 0 heterocycles. The lowest BCUT2D eigenvalue weighted by Gasteiger charge is -2.39. The van der Waals surface area contributed by atoms with Crippen LogP contribution >= 0.6 is 0 Å². The van der Waals surface area contributed by atoms with Crippen molar-refractivity contribution in [2.24, 2.45) is 0 Å². The summed E-state index contributed by atoms with van der Waals surface area (Å²) in [5.74, 6) is -0.0901. The van der Waals surface area contributed by atoms with E-state index in [1.807, 2.05) is 12.2 Å². The van der Waals surface area contributed by atoms with Crippen LogP contribution in [0.4, 0.5) is 0 Å². The molecule has 1 atom stereocenters. The number of carbonyl (C=O) groups is 2. The van der Waals surface area contributed by atoms with Crippen LogP contribution in [-0.4, -0.2) is 33.3 Å². The van der Waals surface area contributed by atoms with Gasteiger partial charge in [-0.15, -0.1) is 0 Å². The third-order valence-electron chi connectivity index (χ3n) is 5.90. The summed E-state index contributed by atoms with van der Waals surface area (Å²) >= 11 is 0. The molecular formula is C25H46O4Si. The van der Waals surface area contributed by atoms with E-state index in [-0.39, 0.29) is 22.9 Å². The summed E-state index contributed by atoms with van der Waals surface area (Å²) < 4.78 is 11.1. The van der Waals surface area contributed by atoms with Gasteiger partial charge in [0.2, 0.25) is 0 Å². The Morgan fingerprint density at radius 1 is 0.967 bits per heavy atom. The minimum Gasteiger partial charge on any atom is -0.466 e. The zero-order valence-electron chi connectivity index (χ0n) is 20.6. The molecule has 0 N–H and O–H groups in total. The summed E-state index contributed by atoms with van der Waals surface area (Å²) in [5.41, 5.74) is 0. The van der Waals surface area contributed by atoms with Gasteiger partial charge in [-0.1, -0.05) is 78.0 Å². The molecule has 0 bridgehead atoms. The van der Waals surface area contributed by atoms with E-state index in [0.29, 0.717) is 6.42 Å². The van der Waals surface area contributed by atoms with E-state index in [9.17, 15) is 9.59 Å². The Hall–Kier alpha value is -1.20.